The number of aliphatic hydroxyl groups is 1. The monoisotopic (exact) mass is 238 g/mol. The van der Waals surface area contributed by atoms with Crippen molar-refractivity contribution < 1.29 is 13.5 Å². The van der Waals surface area contributed by atoms with Crippen molar-refractivity contribution in [3.63, 3.8) is 0 Å². The summed E-state index contributed by atoms with van der Waals surface area (Å²) < 4.78 is 23.5. The van der Waals surface area contributed by atoms with Gasteiger partial charge in [-0.15, -0.1) is 0 Å². The Bertz CT molecular complexity index is 484. The van der Waals surface area contributed by atoms with Gasteiger partial charge in [-0.2, -0.15) is 0 Å². The molecule has 0 aliphatic rings. The van der Waals surface area contributed by atoms with E-state index in [-0.39, 0.29) is 11.5 Å². The van der Waals surface area contributed by atoms with Crippen molar-refractivity contribution in [3.05, 3.63) is 53.5 Å². The van der Waals surface area contributed by atoms with Gasteiger partial charge in [0.2, 0.25) is 0 Å². The molecule has 0 aromatic heterocycles. The highest BCUT2D eigenvalue weighted by Gasteiger charge is 2.08. The van der Waals surface area contributed by atoms with Gasteiger partial charge in [0.05, 0.1) is 11.5 Å². The smallest absolute Gasteiger partial charge is 0.199 e. The minimum Gasteiger partial charge on any atom is -0.392 e. The zero-order valence-corrected chi connectivity index (χ0v) is 9.81. The number of aliphatic hydroxyl groups excluding tert-OH is 1. The van der Waals surface area contributed by atoms with Crippen LogP contribution in [0.3, 0.4) is 0 Å². The van der Waals surface area contributed by atoms with Gasteiger partial charge in [-0.05, 0) is 25.1 Å². The lowest BCUT2D eigenvalue weighted by Crippen LogP contribution is -1.95. The van der Waals surface area contributed by atoms with Crippen molar-refractivity contribution in [3.8, 4) is 0 Å². The molecule has 3 nitrogen and oxygen atoms in total. The summed E-state index contributed by atoms with van der Waals surface area (Å²) in [6.45, 7) is 1.63. The van der Waals surface area contributed by atoms with E-state index in [0.717, 1.165) is 5.41 Å². The fourth-order valence-electron chi connectivity index (χ4n) is 1.10. The van der Waals surface area contributed by atoms with Gasteiger partial charge in [0.15, 0.2) is 9.84 Å². The van der Waals surface area contributed by atoms with Crippen LogP contribution >= 0.6 is 0 Å². The summed E-state index contributed by atoms with van der Waals surface area (Å²) in [5.41, 5.74) is 0.710. The minimum absolute atomic E-state index is 0.0957. The predicted molar refractivity (Wildman–Crippen MR) is 63.6 cm³/mol. The van der Waals surface area contributed by atoms with E-state index in [1.54, 1.807) is 37.3 Å². The van der Waals surface area contributed by atoms with Gasteiger partial charge in [-0.1, -0.05) is 29.8 Å². The first-order valence-electron chi connectivity index (χ1n) is 4.82. The minimum atomic E-state index is -3.38. The Kier molecular flexibility index (Phi) is 4.46. The van der Waals surface area contributed by atoms with Gasteiger partial charge >= 0.3 is 0 Å². The molecule has 0 fully saturated rings. The van der Waals surface area contributed by atoms with Crippen LogP contribution in [-0.2, 0) is 9.84 Å². The molecule has 0 aliphatic carbocycles. The van der Waals surface area contributed by atoms with Gasteiger partial charge in [-0.3, -0.25) is 0 Å². The van der Waals surface area contributed by atoms with Crippen LogP contribution in [-0.4, -0.2) is 20.1 Å². The molecule has 0 radical (unpaired) electrons. The third-order valence-corrected chi connectivity index (χ3v) is 3.42. The van der Waals surface area contributed by atoms with Crippen LogP contribution in [0.4, 0.5) is 0 Å². The lowest BCUT2D eigenvalue weighted by atomic mass is 10.3. The highest BCUT2D eigenvalue weighted by molar-refractivity contribution is 7.94. The molecule has 1 rings (SSSR count). The Balaban J connectivity index is 2.94. The number of benzene rings is 1. The van der Waals surface area contributed by atoms with Crippen molar-refractivity contribution in [1.29, 1.82) is 0 Å². The largest absolute Gasteiger partial charge is 0.392 e. The summed E-state index contributed by atoms with van der Waals surface area (Å²) in [6, 6.07) is 8.21. The molecule has 1 aromatic carbocycles. The maximum Gasteiger partial charge on any atom is 0.199 e. The molecule has 86 valence electrons. The second-order valence-corrected chi connectivity index (χ2v) is 5.13. The van der Waals surface area contributed by atoms with Gasteiger partial charge in [0.25, 0.3) is 0 Å². The quantitative estimate of drug-likeness (QED) is 0.815. The molecule has 0 saturated heterocycles. The molecule has 0 aliphatic heterocycles. The zero-order chi connectivity index (χ0) is 12.0. The van der Waals surface area contributed by atoms with E-state index in [1.165, 1.54) is 12.2 Å². The molecule has 0 saturated carbocycles. The van der Waals surface area contributed by atoms with E-state index in [2.05, 4.69) is 0 Å². The third kappa shape index (κ3) is 3.64. The van der Waals surface area contributed by atoms with E-state index in [1.807, 2.05) is 0 Å². The van der Waals surface area contributed by atoms with Crippen molar-refractivity contribution in [2.24, 2.45) is 0 Å². The van der Waals surface area contributed by atoms with Gasteiger partial charge < -0.3 is 5.11 Å². The molecular formula is C12H14O3S. The summed E-state index contributed by atoms with van der Waals surface area (Å²) in [4.78, 5) is 0.267. The second kappa shape index (κ2) is 5.63. The van der Waals surface area contributed by atoms with E-state index in [9.17, 15) is 8.42 Å². The molecule has 0 heterocycles. The van der Waals surface area contributed by atoms with Crippen molar-refractivity contribution in [2.75, 3.05) is 6.61 Å². The fourth-order valence-corrected chi connectivity index (χ4v) is 2.19. The maximum absolute atomic E-state index is 11.8. The van der Waals surface area contributed by atoms with Crippen molar-refractivity contribution >= 4 is 9.84 Å². The highest BCUT2D eigenvalue weighted by atomic mass is 32.2. The van der Waals surface area contributed by atoms with Gasteiger partial charge in [0, 0.05) is 5.41 Å². The van der Waals surface area contributed by atoms with Crippen LogP contribution in [0.15, 0.2) is 58.4 Å². The van der Waals surface area contributed by atoms with Crippen LogP contribution < -0.4 is 0 Å². The maximum atomic E-state index is 11.8. The topological polar surface area (TPSA) is 54.4 Å². The fraction of sp³-hybridized carbons (Fsp3) is 0.167. The number of sulfone groups is 1. The Morgan fingerprint density at radius 2 is 1.94 bits per heavy atom. The van der Waals surface area contributed by atoms with E-state index in [4.69, 9.17) is 5.11 Å². The molecular weight excluding hydrogens is 224 g/mol. The van der Waals surface area contributed by atoms with Crippen molar-refractivity contribution in [1.82, 2.24) is 0 Å². The number of hydrogen-bond acceptors (Lipinski definition) is 3. The molecule has 0 atom stereocenters. The average Bonchev–Trinajstić information content (AvgIpc) is 2.28. The number of rotatable bonds is 4. The third-order valence-electron chi connectivity index (χ3n) is 2.00. The first-order valence-corrected chi connectivity index (χ1v) is 6.37. The highest BCUT2D eigenvalue weighted by Crippen LogP contribution is 2.12. The Morgan fingerprint density at radius 1 is 1.31 bits per heavy atom. The predicted octanol–water partition coefficient (Wildman–Crippen LogP) is 1.91. The Morgan fingerprint density at radius 3 is 2.50 bits per heavy atom. The van der Waals surface area contributed by atoms with Crippen LogP contribution in [0.2, 0.25) is 0 Å². The molecule has 1 aromatic rings. The lowest BCUT2D eigenvalue weighted by Gasteiger charge is -1.97. The zero-order valence-electron chi connectivity index (χ0n) is 9.00. The first-order chi connectivity index (χ1) is 7.56. The van der Waals surface area contributed by atoms with Crippen LogP contribution in [0, 0.1) is 0 Å². The van der Waals surface area contributed by atoms with Crippen molar-refractivity contribution in [2.45, 2.75) is 11.8 Å². The average molecular weight is 238 g/mol. The molecule has 0 amide bonds. The summed E-state index contributed by atoms with van der Waals surface area (Å²) in [5, 5.41) is 9.77. The first kappa shape index (κ1) is 12.7. The Hall–Kier alpha value is -1.39. The molecule has 0 spiro atoms. The normalized spacial score (nSPS) is 13.2. The second-order valence-electron chi connectivity index (χ2n) is 3.29. The summed E-state index contributed by atoms with van der Waals surface area (Å²) >= 11 is 0. The van der Waals surface area contributed by atoms with E-state index >= 15 is 0 Å². The Labute approximate surface area is 95.7 Å². The number of hydrogen-bond donors (Lipinski definition) is 1. The summed E-state index contributed by atoms with van der Waals surface area (Å²) in [6.07, 6.45) is 3.01. The molecule has 16 heavy (non-hydrogen) atoms. The van der Waals surface area contributed by atoms with Gasteiger partial charge in [-0.25, -0.2) is 8.42 Å². The molecule has 0 bridgehead atoms. The van der Waals surface area contributed by atoms with Crippen LogP contribution in [0.5, 0.6) is 0 Å². The lowest BCUT2D eigenvalue weighted by molar-refractivity contribution is 0.342. The summed E-state index contributed by atoms with van der Waals surface area (Å²) in [7, 11) is -3.38. The molecule has 1 N–H and O–H groups in total. The summed E-state index contributed by atoms with van der Waals surface area (Å²) in [5.74, 6) is 0. The van der Waals surface area contributed by atoms with Crippen LogP contribution in [0.25, 0.3) is 0 Å². The molecule has 0 unspecified atom stereocenters. The van der Waals surface area contributed by atoms with Crippen LogP contribution in [0.1, 0.15) is 6.92 Å². The van der Waals surface area contributed by atoms with E-state index in [0.29, 0.717) is 5.57 Å². The SMILES string of the molecule is CC(/C=C/S(=O)(=O)c1ccccc1)=C\CO. The number of allylic oxidation sites excluding steroid dienone is 2. The molecule has 4 heteroatoms. The standard InChI is InChI=1S/C12H14O3S/c1-11(7-9-13)8-10-16(14,15)12-5-3-2-4-6-12/h2-8,10,13H,9H2,1H3/b10-8+,11-7+. The van der Waals surface area contributed by atoms with Gasteiger partial charge in [0.1, 0.15) is 0 Å². The van der Waals surface area contributed by atoms with E-state index < -0.39 is 9.84 Å².